The monoisotopic (exact) mass is 358 g/mol. The van der Waals surface area contributed by atoms with Crippen molar-refractivity contribution in [3.05, 3.63) is 45.9 Å². The SMILES string of the molecule is COCC(C)=C1SC(N2CCC3(CC2)OCc2ccccc23)=NC1=O. The van der Waals surface area contributed by atoms with Gasteiger partial charge in [0.25, 0.3) is 5.91 Å². The molecule has 0 aliphatic carbocycles. The molecule has 0 radical (unpaired) electrons. The van der Waals surface area contributed by atoms with Crippen molar-refractivity contribution in [2.75, 3.05) is 26.8 Å². The molecule has 6 heteroatoms. The minimum Gasteiger partial charge on any atom is -0.380 e. The molecule has 132 valence electrons. The molecule has 0 atom stereocenters. The number of hydrogen-bond donors (Lipinski definition) is 0. The van der Waals surface area contributed by atoms with Gasteiger partial charge in [0.05, 0.1) is 23.7 Å². The first-order valence-electron chi connectivity index (χ1n) is 8.60. The summed E-state index contributed by atoms with van der Waals surface area (Å²) in [6.07, 6.45) is 1.85. The second-order valence-corrected chi connectivity index (χ2v) is 7.75. The first kappa shape index (κ1) is 16.8. The number of amidine groups is 1. The minimum atomic E-state index is -0.161. The van der Waals surface area contributed by atoms with E-state index in [1.54, 1.807) is 7.11 Å². The number of piperidine rings is 1. The summed E-state index contributed by atoms with van der Waals surface area (Å²) in [6.45, 7) is 4.79. The van der Waals surface area contributed by atoms with E-state index in [9.17, 15) is 4.79 Å². The molecule has 4 rings (SSSR count). The van der Waals surface area contributed by atoms with E-state index in [0.717, 1.165) is 36.7 Å². The van der Waals surface area contributed by atoms with Crippen molar-refractivity contribution >= 4 is 22.8 Å². The number of hydrogen-bond acceptors (Lipinski definition) is 5. The number of carbonyl (C=O) groups is 1. The molecule has 1 spiro atoms. The third-order valence-electron chi connectivity index (χ3n) is 5.19. The molecule has 0 saturated carbocycles. The third kappa shape index (κ3) is 2.92. The van der Waals surface area contributed by atoms with E-state index in [-0.39, 0.29) is 11.5 Å². The van der Waals surface area contributed by atoms with Crippen LogP contribution in [0, 0.1) is 0 Å². The van der Waals surface area contributed by atoms with Crippen molar-refractivity contribution in [3.8, 4) is 0 Å². The molecule has 3 aliphatic rings. The van der Waals surface area contributed by atoms with Crippen LogP contribution in [-0.4, -0.2) is 42.8 Å². The number of methoxy groups -OCH3 is 1. The maximum absolute atomic E-state index is 12.2. The molecule has 1 fully saturated rings. The summed E-state index contributed by atoms with van der Waals surface area (Å²) in [7, 11) is 1.64. The van der Waals surface area contributed by atoms with Gasteiger partial charge in [0.15, 0.2) is 5.17 Å². The van der Waals surface area contributed by atoms with Gasteiger partial charge in [0.1, 0.15) is 0 Å². The highest BCUT2D eigenvalue weighted by Crippen LogP contribution is 2.45. The van der Waals surface area contributed by atoms with Crippen LogP contribution in [0.1, 0.15) is 30.9 Å². The molecule has 1 aromatic carbocycles. The lowest BCUT2D eigenvalue weighted by Crippen LogP contribution is -2.44. The van der Waals surface area contributed by atoms with Gasteiger partial charge in [0, 0.05) is 20.2 Å². The van der Waals surface area contributed by atoms with Crippen molar-refractivity contribution in [1.29, 1.82) is 0 Å². The molecule has 25 heavy (non-hydrogen) atoms. The molecule has 1 aromatic rings. The molecule has 0 bridgehead atoms. The molecule has 0 unspecified atom stereocenters. The van der Waals surface area contributed by atoms with E-state index in [2.05, 4.69) is 34.2 Å². The normalized spacial score (nSPS) is 23.8. The molecule has 1 saturated heterocycles. The third-order valence-corrected chi connectivity index (χ3v) is 6.45. The lowest BCUT2D eigenvalue weighted by atomic mass is 9.84. The van der Waals surface area contributed by atoms with Crippen LogP contribution in [0.5, 0.6) is 0 Å². The Balaban J connectivity index is 1.46. The maximum atomic E-state index is 12.2. The van der Waals surface area contributed by atoms with Crippen LogP contribution < -0.4 is 0 Å². The standard InChI is InChI=1S/C19H22N2O3S/c1-13(11-23-2)16-17(22)20-18(25-16)21-9-7-19(8-10-21)15-6-4-3-5-14(15)12-24-19/h3-6H,7-12H2,1-2H3. The van der Waals surface area contributed by atoms with Crippen LogP contribution in [0.25, 0.3) is 0 Å². The predicted octanol–water partition coefficient (Wildman–Crippen LogP) is 3.06. The van der Waals surface area contributed by atoms with E-state index in [1.807, 2.05) is 6.92 Å². The second-order valence-electron chi connectivity index (χ2n) is 6.77. The van der Waals surface area contributed by atoms with Crippen LogP contribution in [0.15, 0.2) is 39.7 Å². The second kappa shape index (κ2) is 6.59. The molecule has 0 N–H and O–H groups in total. The van der Waals surface area contributed by atoms with Gasteiger partial charge < -0.3 is 14.4 Å². The molecular formula is C19H22N2O3S. The molecule has 5 nitrogen and oxygen atoms in total. The fourth-order valence-electron chi connectivity index (χ4n) is 3.84. The number of nitrogens with zero attached hydrogens (tertiary/aromatic N) is 2. The first-order chi connectivity index (χ1) is 12.1. The number of aliphatic imine (C=N–C) groups is 1. The number of thioether (sulfide) groups is 1. The lowest BCUT2D eigenvalue weighted by molar-refractivity contribution is -0.113. The fourth-order valence-corrected chi connectivity index (χ4v) is 4.83. The Morgan fingerprint density at radius 1 is 1.36 bits per heavy atom. The van der Waals surface area contributed by atoms with Crippen LogP contribution in [0.3, 0.4) is 0 Å². The van der Waals surface area contributed by atoms with Crippen molar-refractivity contribution in [1.82, 2.24) is 4.90 Å². The smallest absolute Gasteiger partial charge is 0.286 e. The van der Waals surface area contributed by atoms with E-state index in [4.69, 9.17) is 9.47 Å². The summed E-state index contributed by atoms with van der Waals surface area (Å²) in [5.41, 5.74) is 3.42. The van der Waals surface area contributed by atoms with E-state index in [1.165, 1.54) is 22.9 Å². The maximum Gasteiger partial charge on any atom is 0.286 e. The molecule has 1 amide bonds. The highest BCUT2D eigenvalue weighted by atomic mass is 32.2. The first-order valence-corrected chi connectivity index (χ1v) is 9.41. The van der Waals surface area contributed by atoms with E-state index < -0.39 is 0 Å². The van der Waals surface area contributed by atoms with Crippen LogP contribution in [0.4, 0.5) is 0 Å². The van der Waals surface area contributed by atoms with Gasteiger partial charge in [0.2, 0.25) is 0 Å². The van der Waals surface area contributed by atoms with Crippen molar-refractivity contribution < 1.29 is 14.3 Å². The van der Waals surface area contributed by atoms with Crippen LogP contribution in [-0.2, 0) is 26.5 Å². The average molecular weight is 358 g/mol. The van der Waals surface area contributed by atoms with Gasteiger partial charge in [-0.15, -0.1) is 0 Å². The Morgan fingerprint density at radius 2 is 2.12 bits per heavy atom. The average Bonchev–Trinajstić information content (AvgIpc) is 3.18. The Bertz CT molecular complexity index is 764. The fraction of sp³-hybridized carbons (Fsp3) is 0.474. The summed E-state index contributed by atoms with van der Waals surface area (Å²) < 4.78 is 11.3. The number of benzene rings is 1. The summed E-state index contributed by atoms with van der Waals surface area (Å²) in [5, 5.41) is 0.816. The molecule has 3 heterocycles. The lowest BCUT2D eigenvalue weighted by Gasteiger charge is -2.39. The van der Waals surface area contributed by atoms with E-state index >= 15 is 0 Å². The Kier molecular flexibility index (Phi) is 4.43. The largest absolute Gasteiger partial charge is 0.380 e. The number of fused-ring (bicyclic) bond motifs is 2. The summed E-state index contributed by atoms with van der Waals surface area (Å²) in [5.74, 6) is -0.141. The summed E-state index contributed by atoms with van der Waals surface area (Å²) in [4.78, 5) is 19.4. The minimum absolute atomic E-state index is 0.141. The molecule has 0 aromatic heterocycles. The quantitative estimate of drug-likeness (QED) is 0.761. The zero-order chi connectivity index (χ0) is 17.4. The molecular weight excluding hydrogens is 336 g/mol. The van der Waals surface area contributed by atoms with Gasteiger partial charge in [-0.3, -0.25) is 4.79 Å². The van der Waals surface area contributed by atoms with E-state index in [0.29, 0.717) is 18.1 Å². The van der Waals surface area contributed by atoms with Gasteiger partial charge in [-0.05, 0) is 48.2 Å². The van der Waals surface area contributed by atoms with Gasteiger partial charge in [-0.25, -0.2) is 0 Å². The summed E-state index contributed by atoms with van der Waals surface area (Å²) in [6, 6.07) is 8.51. The van der Waals surface area contributed by atoms with Gasteiger partial charge in [-0.2, -0.15) is 4.99 Å². The number of ether oxygens (including phenoxy) is 2. The zero-order valence-corrected chi connectivity index (χ0v) is 15.4. The Morgan fingerprint density at radius 3 is 2.88 bits per heavy atom. The Labute approximate surface area is 152 Å². The van der Waals surface area contributed by atoms with Crippen LogP contribution in [0.2, 0.25) is 0 Å². The number of rotatable bonds is 2. The van der Waals surface area contributed by atoms with Crippen molar-refractivity contribution in [2.24, 2.45) is 4.99 Å². The topological polar surface area (TPSA) is 51.1 Å². The van der Waals surface area contributed by atoms with Gasteiger partial charge in [-0.1, -0.05) is 24.3 Å². The number of carbonyl (C=O) groups excluding carboxylic acids is 1. The number of likely N-dealkylation sites (tertiary alicyclic amines) is 1. The molecule has 3 aliphatic heterocycles. The van der Waals surface area contributed by atoms with Gasteiger partial charge >= 0.3 is 0 Å². The van der Waals surface area contributed by atoms with Crippen molar-refractivity contribution in [3.63, 3.8) is 0 Å². The number of amides is 1. The zero-order valence-electron chi connectivity index (χ0n) is 14.6. The Hall–Kier alpha value is -1.63. The van der Waals surface area contributed by atoms with Crippen LogP contribution >= 0.6 is 11.8 Å². The highest BCUT2D eigenvalue weighted by Gasteiger charge is 2.43. The highest BCUT2D eigenvalue weighted by molar-refractivity contribution is 8.18. The predicted molar refractivity (Wildman–Crippen MR) is 98.3 cm³/mol. The summed E-state index contributed by atoms with van der Waals surface area (Å²) >= 11 is 1.48. The van der Waals surface area contributed by atoms with Crippen molar-refractivity contribution in [2.45, 2.75) is 32.0 Å².